The lowest BCUT2D eigenvalue weighted by Gasteiger charge is -2.22. The van der Waals surface area contributed by atoms with E-state index >= 15 is 0 Å². The summed E-state index contributed by atoms with van der Waals surface area (Å²) in [5, 5.41) is 2.65. The third kappa shape index (κ3) is 4.22. The largest absolute Gasteiger partial charge is 0.489 e. The number of carbonyl (C=O) groups is 3. The molecule has 0 spiro atoms. The van der Waals surface area contributed by atoms with Crippen molar-refractivity contribution in [3.05, 3.63) is 42.0 Å². The van der Waals surface area contributed by atoms with E-state index in [-0.39, 0.29) is 6.61 Å². The second kappa shape index (κ2) is 8.03. The van der Waals surface area contributed by atoms with Crippen LogP contribution in [0.4, 0.5) is 4.79 Å². The molecule has 1 aliphatic heterocycles. The monoisotopic (exact) mass is 360 g/mol. The van der Waals surface area contributed by atoms with E-state index in [0.717, 1.165) is 10.5 Å². The quantitative estimate of drug-likeness (QED) is 0.437. The third-order valence-corrected chi connectivity index (χ3v) is 3.95. The Kier molecular flexibility index (Phi) is 6.02. The van der Waals surface area contributed by atoms with E-state index in [9.17, 15) is 14.4 Å². The first-order valence-corrected chi connectivity index (χ1v) is 8.45. The smallest absolute Gasteiger partial charge is 0.326 e. The highest BCUT2D eigenvalue weighted by atomic mass is 16.5. The molecule has 7 nitrogen and oxygen atoms in total. The van der Waals surface area contributed by atoms with Crippen LogP contribution < -0.4 is 10.1 Å². The van der Waals surface area contributed by atoms with E-state index in [1.54, 1.807) is 31.2 Å². The number of imide groups is 1. The number of hydrogen-bond donors (Lipinski definition) is 1. The second-order valence-electron chi connectivity index (χ2n) is 6.44. The summed E-state index contributed by atoms with van der Waals surface area (Å²) in [6, 6.07) is 6.26. The minimum Gasteiger partial charge on any atom is -0.489 e. The number of rotatable bonds is 8. The lowest BCUT2D eigenvalue weighted by atomic mass is 9.92. The molecule has 1 aliphatic rings. The van der Waals surface area contributed by atoms with Gasteiger partial charge in [-0.3, -0.25) is 14.5 Å². The molecule has 0 aromatic heterocycles. The Hall–Kier alpha value is -2.83. The molecule has 7 heteroatoms. The lowest BCUT2D eigenvalue weighted by Crippen LogP contribution is -2.41. The van der Waals surface area contributed by atoms with Crippen molar-refractivity contribution in [2.45, 2.75) is 32.7 Å². The van der Waals surface area contributed by atoms with Crippen molar-refractivity contribution in [2.24, 2.45) is 0 Å². The summed E-state index contributed by atoms with van der Waals surface area (Å²) >= 11 is 0. The number of hydrogen-bond acceptors (Lipinski definition) is 5. The highest BCUT2D eigenvalue weighted by Gasteiger charge is 2.49. The molecule has 2 rings (SSSR count). The predicted molar refractivity (Wildman–Crippen MR) is 95.6 cm³/mol. The van der Waals surface area contributed by atoms with Crippen molar-refractivity contribution in [3.63, 3.8) is 0 Å². The molecule has 0 aliphatic carbocycles. The molecular formula is C19H24N2O5. The van der Waals surface area contributed by atoms with Crippen molar-refractivity contribution >= 4 is 17.9 Å². The highest BCUT2D eigenvalue weighted by Crippen LogP contribution is 2.30. The van der Waals surface area contributed by atoms with Gasteiger partial charge in [0.15, 0.2) is 0 Å². The average Bonchev–Trinajstić information content (AvgIpc) is 2.82. The molecule has 1 unspecified atom stereocenters. The number of amides is 3. The Bertz CT molecular complexity index is 713. The van der Waals surface area contributed by atoms with Gasteiger partial charge < -0.3 is 14.8 Å². The molecule has 1 aromatic carbocycles. The van der Waals surface area contributed by atoms with Crippen molar-refractivity contribution in [3.8, 4) is 5.75 Å². The number of ether oxygens (including phenoxy) is 2. The third-order valence-electron chi connectivity index (χ3n) is 3.95. The Labute approximate surface area is 153 Å². The summed E-state index contributed by atoms with van der Waals surface area (Å²) in [6.45, 7) is 9.36. The minimum absolute atomic E-state index is 0.255. The Balaban J connectivity index is 2.11. The fourth-order valence-electron chi connectivity index (χ4n) is 2.52. The van der Waals surface area contributed by atoms with E-state index in [1.807, 2.05) is 13.8 Å². The molecule has 0 bridgehead atoms. The van der Waals surface area contributed by atoms with Crippen LogP contribution in [-0.2, 0) is 19.9 Å². The van der Waals surface area contributed by atoms with Crippen LogP contribution in [0.5, 0.6) is 5.75 Å². The first-order chi connectivity index (χ1) is 12.3. The van der Waals surface area contributed by atoms with Crippen LogP contribution in [0.2, 0.25) is 0 Å². The number of esters is 1. The van der Waals surface area contributed by atoms with E-state index in [1.165, 1.54) is 0 Å². The summed E-state index contributed by atoms with van der Waals surface area (Å²) in [6.07, 6.45) is 0.670. The topological polar surface area (TPSA) is 84.9 Å². The van der Waals surface area contributed by atoms with Gasteiger partial charge in [0.1, 0.15) is 24.4 Å². The van der Waals surface area contributed by atoms with E-state index < -0.39 is 30.0 Å². The number of benzene rings is 1. The Morgan fingerprint density at radius 3 is 2.50 bits per heavy atom. The molecule has 1 N–H and O–H groups in total. The van der Waals surface area contributed by atoms with Crippen LogP contribution in [0.25, 0.3) is 0 Å². The van der Waals surface area contributed by atoms with E-state index in [4.69, 9.17) is 9.47 Å². The minimum atomic E-state index is -1.24. The molecule has 0 radical (unpaired) electrons. The van der Waals surface area contributed by atoms with Gasteiger partial charge in [-0.25, -0.2) is 4.79 Å². The average molecular weight is 360 g/mol. The van der Waals surface area contributed by atoms with Gasteiger partial charge in [-0.1, -0.05) is 25.6 Å². The summed E-state index contributed by atoms with van der Waals surface area (Å²) in [5.74, 6) is -0.466. The van der Waals surface area contributed by atoms with Crippen LogP contribution in [0.1, 0.15) is 32.8 Å². The normalized spacial score (nSPS) is 19.3. The van der Waals surface area contributed by atoms with E-state index in [2.05, 4.69) is 11.9 Å². The van der Waals surface area contributed by atoms with Gasteiger partial charge in [-0.05, 0) is 43.5 Å². The summed E-state index contributed by atoms with van der Waals surface area (Å²) in [7, 11) is 0. The Morgan fingerprint density at radius 1 is 1.27 bits per heavy atom. The molecule has 3 amide bonds. The van der Waals surface area contributed by atoms with Crippen LogP contribution in [0.3, 0.4) is 0 Å². The molecule has 1 fully saturated rings. The molecule has 1 saturated heterocycles. The van der Waals surface area contributed by atoms with Gasteiger partial charge in [0.25, 0.3) is 5.91 Å². The van der Waals surface area contributed by atoms with E-state index in [0.29, 0.717) is 24.3 Å². The SMILES string of the molecule is C=C(C)COc1ccc(C2(C)NC(=O)N(CC(=O)OCCC)C2=O)cc1. The zero-order chi connectivity index (χ0) is 19.3. The first kappa shape index (κ1) is 19.5. The fourth-order valence-corrected chi connectivity index (χ4v) is 2.52. The number of urea groups is 1. The van der Waals surface area contributed by atoms with Gasteiger partial charge in [0.05, 0.1) is 6.61 Å². The number of nitrogens with one attached hydrogen (secondary N) is 1. The van der Waals surface area contributed by atoms with Gasteiger partial charge >= 0.3 is 12.0 Å². The summed E-state index contributed by atoms with van der Waals surface area (Å²) < 4.78 is 10.5. The van der Waals surface area contributed by atoms with Gasteiger partial charge in [-0.15, -0.1) is 0 Å². The predicted octanol–water partition coefficient (Wildman–Crippen LogP) is 2.36. The maximum atomic E-state index is 12.7. The van der Waals surface area contributed by atoms with Gasteiger partial charge in [0.2, 0.25) is 0 Å². The van der Waals surface area contributed by atoms with Crippen molar-refractivity contribution in [1.82, 2.24) is 10.2 Å². The molecule has 26 heavy (non-hydrogen) atoms. The van der Waals surface area contributed by atoms with Crippen LogP contribution in [0.15, 0.2) is 36.4 Å². The van der Waals surface area contributed by atoms with Crippen molar-refractivity contribution in [2.75, 3.05) is 19.8 Å². The highest BCUT2D eigenvalue weighted by molar-refractivity contribution is 6.08. The molecule has 140 valence electrons. The number of nitrogens with zero attached hydrogens (tertiary/aromatic N) is 1. The zero-order valence-corrected chi connectivity index (χ0v) is 15.3. The van der Waals surface area contributed by atoms with Crippen molar-refractivity contribution in [1.29, 1.82) is 0 Å². The molecule has 1 heterocycles. The van der Waals surface area contributed by atoms with Gasteiger partial charge in [0, 0.05) is 0 Å². The van der Waals surface area contributed by atoms with Gasteiger partial charge in [-0.2, -0.15) is 0 Å². The first-order valence-electron chi connectivity index (χ1n) is 8.45. The van der Waals surface area contributed by atoms with Crippen molar-refractivity contribution < 1.29 is 23.9 Å². The molecule has 1 atom stereocenters. The maximum absolute atomic E-state index is 12.7. The zero-order valence-electron chi connectivity index (χ0n) is 15.3. The van der Waals surface area contributed by atoms with Crippen LogP contribution in [-0.4, -0.2) is 42.6 Å². The second-order valence-corrected chi connectivity index (χ2v) is 6.44. The lowest BCUT2D eigenvalue weighted by molar-refractivity contribution is -0.147. The summed E-state index contributed by atoms with van der Waals surface area (Å²) in [4.78, 5) is 37.5. The Morgan fingerprint density at radius 2 is 1.92 bits per heavy atom. The van der Waals surface area contributed by atoms with Crippen LogP contribution in [0, 0.1) is 0 Å². The molecule has 0 saturated carbocycles. The summed E-state index contributed by atoms with van der Waals surface area (Å²) in [5.41, 5.74) is 0.252. The number of carbonyl (C=O) groups excluding carboxylic acids is 3. The molecular weight excluding hydrogens is 336 g/mol. The van der Waals surface area contributed by atoms with Crippen LogP contribution >= 0.6 is 0 Å². The standard InChI is InChI=1S/C19H24N2O5/c1-5-10-25-16(22)11-21-17(23)19(4,20-18(21)24)14-6-8-15(9-7-14)26-12-13(2)3/h6-9H,2,5,10-12H2,1,3-4H3,(H,20,24). The maximum Gasteiger partial charge on any atom is 0.326 e. The fraction of sp³-hybridized carbons (Fsp3) is 0.421. The molecule has 1 aromatic rings.